The molecule has 1 aromatic rings. The van der Waals surface area contributed by atoms with Gasteiger partial charge in [0.2, 0.25) is 0 Å². The summed E-state index contributed by atoms with van der Waals surface area (Å²) >= 11 is 0. The molecule has 2 aliphatic rings. The highest BCUT2D eigenvalue weighted by Gasteiger charge is 2.57. The molecule has 3 rings (SSSR count). The van der Waals surface area contributed by atoms with Gasteiger partial charge in [-0.3, -0.25) is 4.48 Å². The predicted molar refractivity (Wildman–Crippen MR) is 90.2 cm³/mol. The van der Waals surface area contributed by atoms with E-state index in [1.54, 1.807) is 6.92 Å². The molecular weight excluding hydrogens is 322 g/mol. The van der Waals surface area contributed by atoms with Crippen LogP contribution in [0.4, 0.5) is 0 Å². The van der Waals surface area contributed by atoms with Gasteiger partial charge in [0, 0.05) is 12.8 Å². The Morgan fingerprint density at radius 1 is 1.20 bits per heavy atom. The Kier molecular flexibility index (Phi) is 5.08. The Balaban J connectivity index is 1.77. The van der Waals surface area contributed by atoms with Gasteiger partial charge in [0.25, 0.3) is 5.70 Å². The molecule has 0 amide bonds. The summed E-state index contributed by atoms with van der Waals surface area (Å²) in [5.41, 5.74) is 1.16. The van der Waals surface area contributed by atoms with Crippen molar-refractivity contribution in [3.63, 3.8) is 0 Å². The fourth-order valence-electron chi connectivity index (χ4n) is 3.94. The molecule has 0 unspecified atom stereocenters. The summed E-state index contributed by atoms with van der Waals surface area (Å²) in [6.45, 7) is 3.35. The molecule has 0 aliphatic carbocycles. The van der Waals surface area contributed by atoms with E-state index >= 15 is 0 Å². The first kappa shape index (κ1) is 17.5. The molecule has 1 fully saturated rings. The molecule has 6 nitrogen and oxygen atoms in total. The molecule has 25 heavy (non-hydrogen) atoms. The van der Waals surface area contributed by atoms with E-state index in [0.717, 1.165) is 12.0 Å². The maximum absolute atomic E-state index is 12.7. The second-order valence-electron chi connectivity index (χ2n) is 6.50. The Morgan fingerprint density at radius 2 is 1.96 bits per heavy atom. The molecule has 2 heterocycles. The Hall–Kier alpha value is -2.34. The van der Waals surface area contributed by atoms with Gasteiger partial charge < -0.3 is 14.6 Å². The van der Waals surface area contributed by atoms with Crippen LogP contribution in [0.3, 0.4) is 0 Å². The van der Waals surface area contributed by atoms with Crippen LogP contribution in [0.2, 0.25) is 0 Å². The molecule has 0 saturated carbocycles. The zero-order chi connectivity index (χ0) is 17.9. The van der Waals surface area contributed by atoms with Crippen molar-refractivity contribution in [2.75, 3.05) is 19.7 Å². The highest BCUT2D eigenvalue weighted by Crippen LogP contribution is 2.40. The average Bonchev–Trinajstić information content (AvgIpc) is 3.18. The Bertz CT molecular complexity index is 684. The van der Waals surface area contributed by atoms with Crippen molar-refractivity contribution in [2.45, 2.75) is 38.8 Å². The zero-order valence-electron chi connectivity index (χ0n) is 14.4. The third kappa shape index (κ3) is 3.26. The first-order valence-corrected chi connectivity index (χ1v) is 8.75. The van der Waals surface area contributed by atoms with E-state index in [2.05, 4.69) is 0 Å². The van der Waals surface area contributed by atoms with E-state index in [-0.39, 0.29) is 35.1 Å². The van der Waals surface area contributed by atoms with Gasteiger partial charge in [-0.1, -0.05) is 30.3 Å². The maximum Gasteiger partial charge on any atom is 0.396 e. The largest absolute Gasteiger partial charge is 0.506 e. The molecule has 2 aliphatic heterocycles. The Labute approximate surface area is 147 Å². The highest BCUT2D eigenvalue weighted by atomic mass is 16.5. The molecule has 134 valence electrons. The van der Waals surface area contributed by atoms with Crippen LogP contribution in [0.25, 0.3) is 0 Å². The van der Waals surface area contributed by atoms with E-state index in [1.165, 1.54) is 0 Å². The molecular formula is C19H24NO5+. The summed E-state index contributed by atoms with van der Waals surface area (Å²) < 4.78 is 10.8. The summed E-state index contributed by atoms with van der Waals surface area (Å²) in [5, 5.41) is 10.2. The summed E-state index contributed by atoms with van der Waals surface area (Å²) in [7, 11) is 0. The topological polar surface area (TPSA) is 72.8 Å². The average molecular weight is 346 g/mol. The summed E-state index contributed by atoms with van der Waals surface area (Å²) in [6.07, 6.45) is 1.84. The first-order valence-electron chi connectivity index (χ1n) is 8.75. The fourth-order valence-corrected chi connectivity index (χ4v) is 3.94. The van der Waals surface area contributed by atoms with Crippen molar-refractivity contribution >= 4 is 11.9 Å². The van der Waals surface area contributed by atoms with Gasteiger partial charge in [-0.15, -0.1) is 0 Å². The van der Waals surface area contributed by atoms with E-state index in [1.807, 2.05) is 30.3 Å². The minimum atomic E-state index is -0.528. The van der Waals surface area contributed by atoms with Crippen molar-refractivity contribution in [1.29, 1.82) is 0 Å². The Morgan fingerprint density at radius 3 is 2.68 bits per heavy atom. The van der Waals surface area contributed by atoms with Crippen LogP contribution < -0.4 is 0 Å². The third-order valence-corrected chi connectivity index (χ3v) is 5.06. The first-order chi connectivity index (χ1) is 12.1. The zero-order valence-corrected chi connectivity index (χ0v) is 14.4. The van der Waals surface area contributed by atoms with Crippen molar-refractivity contribution in [3.05, 3.63) is 47.4 Å². The predicted octanol–water partition coefficient (Wildman–Crippen LogP) is 2.45. The van der Waals surface area contributed by atoms with Crippen LogP contribution >= 0.6 is 0 Å². The van der Waals surface area contributed by atoms with Gasteiger partial charge in [-0.25, -0.2) is 9.59 Å². The van der Waals surface area contributed by atoms with Gasteiger partial charge in [0.05, 0.1) is 26.1 Å². The third-order valence-electron chi connectivity index (χ3n) is 5.06. The minimum Gasteiger partial charge on any atom is -0.506 e. The lowest BCUT2D eigenvalue weighted by Gasteiger charge is -2.34. The lowest BCUT2D eigenvalue weighted by atomic mass is 10.2. The number of hydrogen-bond acceptors (Lipinski definition) is 5. The SMILES string of the molecule is CCOC(=O)C1=C(O)CC[N@@+]12CCC[C@H]2C(=O)OCc1ccccc1. The van der Waals surface area contributed by atoms with Crippen LogP contribution in [0.1, 0.15) is 31.7 Å². The summed E-state index contributed by atoms with van der Waals surface area (Å²) in [4.78, 5) is 25.1. The number of hydrogen-bond donors (Lipinski definition) is 1. The molecule has 1 saturated heterocycles. The summed E-state index contributed by atoms with van der Waals surface area (Å²) in [6, 6.07) is 9.04. The van der Waals surface area contributed by atoms with E-state index in [9.17, 15) is 14.7 Å². The number of ether oxygens (including phenoxy) is 2. The minimum absolute atomic E-state index is 0.0428. The number of aliphatic hydroxyl groups is 1. The highest BCUT2D eigenvalue weighted by molar-refractivity contribution is 5.88. The number of quaternary nitrogens is 1. The van der Waals surface area contributed by atoms with Gasteiger partial charge in [0.1, 0.15) is 6.61 Å². The number of esters is 2. The van der Waals surface area contributed by atoms with Gasteiger partial charge >= 0.3 is 11.9 Å². The number of aliphatic hydroxyl groups excluding tert-OH is 1. The molecule has 6 heteroatoms. The van der Waals surface area contributed by atoms with Gasteiger partial charge in [0.15, 0.2) is 11.8 Å². The molecule has 1 N–H and O–H groups in total. The molecule has 0 aromatic heterocycles. The van der Waals surface area contributed by atoms with Crippen LogP contribution in [0.5, 0.6) is 0 Å². The van der Waals surface area contributed by atoms with Crippen molar-refractivity contribution in [3.8, 4) is 0 Å². The van der Waals surface area contributed by atoms with E-state index in [4.69, 9.17) is 9.47 Å². The second-order valence-corrected chi connectivity index (χ2v) is 6.50. The van der Waals surface area contributed by atoms with Crippen LogP contribution in [0, 0.1) is 0 Å². The standard InChI is InChI=1S/C19H23NO5/c1-2-24-19(23)17-16(21)10-12-20(17)11-6-9-15(20)18(22)25-13-14-7-4-3-5-8-14/h3-5,7-8,15H,2,6,9-13H2,1H3/p+1/t15-,20+/m0/s1. The molecule has 2 atom stereocenters. The maximum atomic E-state index is 12.7. The number of carbonyl (C=O) groups is 2. The van der Waals surface area contributed by atoms with Crippen LogP contribution in [0.15, 0.2) is 41.8 Å². The molecule has 0 bridgehead atoms. The van der Waals surface area contributed by atoms with Crippen molar-refractivity contribution < 1.29 is 28.7 Å². The van der Waals surface area contributed by atoms with Crippen LogP contribution in [-0.4, -0.2) is 47.3 Å². The van der Waals surface area contributed by atoms with E-state index in [0.29, 0.717) is 25.9 Å². The monoisotopic (exact) mass is 346 g/mol. The second kappa shape index (κ2) is 7.27. The normalized spacial score (nSPS) is 25.4. The van der Waals surface area contributed by atoms with Crippen molar-refractivity contribution in [2.24, 2.45) is 0 Å². The smallest absolute Gasteiger partial charge is 0.396 e. The number of rotatable bonds is 5. The van der Waals surface area contributed by atoms with Gasteiger partial charge in [-0.05, 0) is 12.5 Å². The van der Waals surface area contributed by atoms with Crippen LogP contribution in [-0.2, 0) is 25.7 Å². The lowest BCUT2D eigenvalue weighted by molar-refractivity contribution is -0.886. The number of carbonyl (C=O) groups excluding carboxylic acids is 2. The molecule has 1 spiro atoms. The molecule has 0 radical (unpaired) electrons. The quantitative estimate of drug-likeness (QED) is 0.655. The van der Waals surface area contributed by atoms with Gasteiger partial charge in [-0.2, -0.15) is 0 Å². The number of benzene rings is 1. The van der Waals surface area contributed by atoms with Crippen molar-refractivity contribution in [1.82, 2.24) is 0 Å². The summed E-state index contributed by atoms with van der Waals surface area (Å²) in [5.74, 6) is -0.806. The van der Waals surface area contributed by atoms with E-state index < -0.39 is 12.0 Å². The molecule has 1 aromatic carbocycles. The lowest BCUT2D eigenvalue weighted by Crippen LogP contribution is -2.54. The number of nitrogens with zero attached hydrogens (tertiary/aromatic N) is 1. The fraction of sp³-hybridized carbons (Fsp3) is 0.474.